The standard InChI is InChI=1S/C26H25FN2O5S.C4H8O/c1-17-3-6-19(7-4-17)35(31,32)29-24(26(30)10-13-34-14-11-26)16-22-20(9-12-28-25(22)29)21-15-18(27)5-8-23(21)33-2;1-2-4-5-3-1/h3-9,12,15-16,30H,10-11,13-14H2,1-2H3;1-4H2. The van der Waals surface area contributed by atoms with Crippen LogP contribution in [0.2, 0.25) is 0 Å². The molecule has 0 unspecified atom stereocenters. The third-order valence-corrected chi connectivity index (χ3v) is 9.01. The maximum absolute atomic E-state index is 14.2. The first-order valence-electron chi connectivity index (χ1n) is 13.3. The summed E-state index contributed by atoms with van der Waals surface area (Å²) in [7, 11) is -2.65. The van der Waals surface area contributed by atoms with Crippen LogP contribution in [-0.4, -0.2) is 56.0 Å². The van der Waals surface area contributed by atoms with Crippen LogP contribution in [0.3, 0.4) is 0 Å². The summed E-state index contributed by atoms with van der Waals surface area (Å²) in [6.07, 6.45) is 4.48. The molecule has 0 radical (unpaired) electrons. The minimum Gasteiger partial charge on any atom is -0.496 e. The molecular weight excluding hydrogens is 535 g/mol. The molecule has 8 nitrogen and oxygen atoms in total. The van der Waals surface area contributed by atoms with Gasteiger partial charge in [0.05, 0.1) is 17.7 Å². The van der Waals surface area contributed by atoms with Gasteiger partial charge in [-0.05, 0) is 67.8 Å². The highest BCUT2D eigenvalue weighted by molar-refractivity contribution is 7.90. The molecule has 10 heteroatoms. The van der Waals surface area contributed by atoms with Crippen molar-refractivity contribution < 1.29 is 32.1 Å². The Kier molecular flexibility index (Phi) is 8.23. The van der Waals surface area contributed by atoms with Crippen LogP contribution >= 0.6 is 0 Å². The highest BCUT2D eigenvalue weighted by Crippen LogP contribution is 2.41. The van der Waals surface area contributed by atoms with E-state index in [1.807, 2.05) is 6.92 Å². The topological polar surface area (TPSA) is 99.9 Å². The SMILES string of the molecule is C1CCOC1.COc1ccc(F)cc1-c1ccnc2c1cc(C1(O)CCOCC1)n2S(=O)(=O)c1ccc(C)cc1. The Bertz CT molecular complexity index is 1580. The highest BCUT2D eigenvalue weighted by atomic mass is 32.2. The molecule has 212 valence electrons. The predicted molar refractivity (Wildman–Crippen MR) is 149 cm³/mol. The summed E-state index contributed by atoms with van der Waals surface area (Å²) in [6.45, 7) is 4.46. The minimum atomic E-state index is -4.13. The number of ether oxygens (including phenoxy) is 3. The van der Waals surface area contributed by atoms with Crippen LogP contribution in [0, 0.1) is 12.7 Å². The molecule has 2 aliphatic heterocycles. The zero-order valence-corrected chi connectivity index (χ0v) is 23.4. The summed E-state index contributed by atoms with van der Waals surface area (Å²) in [4.78, 5) is 4.48. The summed E-state index contributed by atoms with van der Waals surface area (Å²) in [5.74, 6) is -0.0277. The van der Waals surface area contributed by atoms with E-state index in [1.165, 1.54) is 56.5 Å². The van der Waals surface area contributed by atoms with E-state index in [-0.39, 0.29) is 29.1 Å². The summed E-state index contributed by atoms with van der Waals surface area (Å²) in [5, 5.41) is 12.1. The number of methoxy groups -OCH3 is 1. The molecule has 6 rings (SSSR count). The van der Waals surface area contributed by atoms with Crippen LogP contribution in [-0.2, 0) is 25.1 Å². The molecule has 4 heterocycles. The van der Waals surface area contributed by atoms with Gasteiger partial charge in [-0.15, -0.1) is 0 Å². The van der Waals surface area contributed by atoms with Gasteiger partial charge in [-0.1, -0.05) is 17.7 Å². The maximum atomic E-state index is 14.2. The van der Waals surface area contributed by atoms with Gasteiger partial charge >= 0.3 is 0 Å². The van der Waals surface area contributed by atoms with Gasteiger partial charge in [0.25, 0.3) is 10.0 Å². The predicted octanol–water partition coefficient (Wildman–Crippen LogP) is 5.19. The number of aromatic nitrogens is 2. The Balaban J connectivity index is 0.000000582. The lowest BCUT2D eigenvalue weighted by molar-refractivity contribution is -0.0708. The maximum Gasteiger partial charge on any atom is 0.269 e. The largest absolute Gasteiger partial charge is 0.496 e. The Hall–Kier alpha value is -3.31. The van der Waals surface area contributed by atoms with Gasteiger partial charge in [-0.2, -0.15) is 0 Å². The van der Waals surface area contributed by atoms with E-state index < -0.39 is 21.4 Å². The number of halogens is 1. The van der Waals surface area contributed by atoms with E-state index in [9.17, 15) is 17.9 Å². The first kappa shape index (κ1) is 28.2. The third kappa shape index (κ3) is 5.49. The lowest BCUT2D eigenvalue weighted by Gasteiger charge is -2.32. The fourth-order valence-corrected chi connectivity index (χ4v) is 6.60. The molecule has 2 aliphatic rings. The van der Waals surface area contributed by atoms with E-state index >= 15 is 0 Å². The van der Waals surface area contributed by atoms with Crippen molar-refractivity contribution in [2.24, 2.45) is 0 Å². The molecule has 2 fully saturated rings. The minimum absolute atomic E-state index is 0.0769. The number of aryl methyl sites for hydroxylation is 1. The monoisotopic (exact) mass is 568 g/mol. The molecule has 0 bridgehead atoms. The first-order valence-corrected chi connectivity index (χ1v) is 14.7. The molecule has 0 aliphatic carbocycles. The lowest BCUT2D eigenvalue weighted by atomic mass is 9.90. The smallest absolute Gasteiger partial charge is 0.269 e. The quantitative estimate of drug-likeness (QED) is 0.354. The molecule has 0 spiro atoms. The van der Waals surface area contributed by atoms with E-state index in [0.717, 1.165) is 22.7 Å². The average molecular weight is 569 g/mol. The van der Waals surface area contributed by atoms with Gasteiger partial charge in [0.15, 0.2) is 5.65 Å². The number of hydrogen-bond acceptors (Lipinski definition) is 7. The fourth-order valence-electron chi connectivity index (χ4n) is 5.06. The molecule has 0 amide bonds. The summed E-state index contributed by atoms with van der Waals surface area (Å²) >= 11 is 0. The third-order valence-electron chi connectivity index (χ3n) is 7.30. The Morgan fingerprint density at radius 2 is 1.62 bits per heavy atom. The van der Waals surface area contributed by atoms with Gasteiger partial charge in [-0.25, -0.2) is 21.8 Å². The zero-order chi connectivity index (χ0) is 28.3. The first-order chi connectivity index (χ1) is 19.2. The number of rotatable bonds is 5. The normalized spacial score (nSPS) is 16.9. The van der Waals surface area contributed by atoms with Crippen molar-refractivity contribution in [1.29, 1.82) is 0 Å². The second-order valence-corrected chi connectivity index (χ2v) is 11.8. The van der Waals surface area contributed by atoms with Crippen LogP contribution in [0.1, 0.15) is 36.9 Å². The molecule has 2 saturated heterocycles. The highest BCUT2D eigenvalue weighted by Gasteiger charge is 2.39. The van der Waals surface area contributed by atoms with Gasteiger partial charge < -0.3 is 19.3 Å². The molecule has 0 saturated carbocycles. The summed E-state index contributed by atoms with van der Waals surface area (Å²) in [6, 6.07) is 14.0. The van der Waals surface area contributed by atoms with Crippen molar-refractivity contribution in [3.63, 3.8) is 0 Å². The second-order valence-electron chi connectivity index (χ2n) is 10.0. The summed E-state index contributed by atoms with van der Waals surface area (Å²) < 4.78 is 59.1. The van der Waals surface area contributed by atoms with Crippen LogP contribution in [0.25, 0.3) is 22.2 Å². The van der Waals surface area contributed by atoms with Gasteiger partial charge in [-0.3, -0.25) is 0 Å². The van der Waals surface area contributed by atoms with E-state index in [2.05, 4.69) is 4.98 Å². The summed E-state index contributed by atoms with van der Waals surface area (Å²) in [5.41, 5.74) is 0.815. The number of nitrogens with zero attached hydrogens (tertiary/aromatic N) is 2. The number of benzene rings is 2. The van der Waals surface area contributed by atoms with Crippen molar-refractivity contribution in [2.45, 2.75) is 43.1 Å². The van der Waals surface area contributed by atoms with Crippen molar-refractivity contribution in [1.82, 2.24) is 8.96 Å². The number of aliphatic hydroxyl groups is 1. The Labute approximate surface area is 233 Å². The molecular formula is C30H33FN2O6S. The van der Waals surface area contributed by atoms with Crippen LogP contribution in [0.15, 0.2) is 65.7 Å². The van der Waals surface area contributed by atoms with Crippen molar-refractivity contribution >= 4 is 21.1 Å². The van der Waals surface area contributed by atoms with Gasteiger partial charge in [0, 0.05) is 56.4 Å². The molecule has 2 aromatic carbocycles. The van der Waals surface area contributed by atoms with Crippen LogP contribution < -0.4 is 4.74 Å². The molecule has 2 aromatic heterocycles. The molecule has 40 heavy (non-hydrogen) atoms. The zero-order valence-electron chi connectivity index (χ0n) is 22.6. The van der Waals surface area contributed by atoms with E-state index in [1.54, 1.807) is 24.3 Å². The fraction of sp³-hybridized carbons (Fsp3) is 0.367. The molecule has 4 aromatic rings. The number of fused-ring (bicyclic) bond motifs is 1. The molecule has 1 N–H and O–H groups in total. The van der Waals surface area contributed by atoms with Crippen LogP contribution in [0.5, 0.6) is 5.75 Å². The Morgan fingerprint density at radius 3 is 2.25 bits per heavy atom. The average Bonchev–Trinajstić information content (AvgIpc) is 3.66. The Morgan fingerprint density at radius 1 is 0.950 bits per heavy atom. The van der Waals surface area contributed by atoms with Crippen molar-refractivity contribution in [2.75, 3.05) is 33.5 Å². The van der Waals surface area contributed by atoms with Gasteiger partial charge in [0.2, 0.25) is 0 Å². The lowest BCUT2D eigenvalue weighted by Crippen LogP contribution is -2.36. The second kappa shape index (κ2) is 11.7. The van der Waals surface area contributed by atoms with Crippen LogP contribution in [0.4, 0.5) is 4.39 Å². The van der Waals surface area contributed by atoms with Crippen molar-refractivity contribution in [3.8, 4) is 16.9 Å². The van der Waals surface area contributed by atoms with E-state index in [0.29, 0.717) is 35.5 Å². The number of hydrogen-bond donors (Lipinski definition) is 1. The van der Waals surface area contributed by atoms with E-state index in [4.69, 9.17) is 14.2 Å². The van der Waals surface area contributed by atoms with Gasteiger partial charge in [0.1, 0.15) is 17.2 Å². The molecule has 0 atom stereocenters. The number of pyridine rings is 1. The van der Waals surface area contributed by atoms with Crippen molar-refractivity contribution in [3.05, 3.63) is 77.9 Å².